The molecule has 2 aromatic heterocycles. The third-order valence-corrected chi connectivity index (χ3v) is 12.1. The number of ether oxygens (including phenoxy) is 2. The Morgan fingerprint density at radius 1 is 1.14 bits per heavy atom. The number of anilines is 2. The molecule has 6 aliphatic rings. The minimum atomic E-state index is -5.09. The van der Waals surface area contributed by atoms with Crippen molar-refractivity contribution in [2.24, 2.45) is 5.41 Å². The molecular weight excluding hydrogens is 677 g/mol. The molecular formula is C33H27F7N6O2S. The maximum atomic E-state index is 17.0. The summed E-state index contributed by atoms with van der Waals surface area (Å²) < 4.78 is 117. The maximum absolute atomic E-state index is 17.0. The van der Waals surface area contributed by atoms with Crippen molar-refractivity contribution in [1.82, 2.24) is 14.9 Å². The molecule has 10 rings (SSSR count). The van der Waals surface area contributed by atoms with Crippen LogP contribution in [0, 0.1) is 28.4 Å². The SMILES string of the molecule is N#Cc1c(N)sc2c(F)ccc(-c3c(C(F)(F)F)cc4c(N5CC6CC(C5)O6)nc(OCC56CCCN5CC5(C6)CC5(F)F)nc4c3F)c12. The van der Waals surface area contributed by atoms with Crippen LogP contribution in [0.2, 0.25) is 0 Å². The van der Waals surface area contributed by atoms with E-state index in [0.29, 0.717) is 37.4 Å². The second-order valence-corrected chi connectivity index (χ2v) is 15.0. The highest BCUT2D eigenvalue weighted by molar-refractivity contribution is 7.23. The number of fused-ring (bicyclic) bond motifs is 5. The van der Waals surface area contributed by atoms with Crippen LogP contribution in [0.3, 0.4) is 0 Å². The topological polar surface area (TPSA) is 101 Å². The number of thiophene rings is 1. The molecule has 4 unspecified atom stereocenters. The predicted molar refractivity (Wildman–Crippen MR) is 166 cm³/mol. The zero-order valence-corrected chi connectivity index (χ0v) is 26.5. The molecule has 0 radical (unpaired) electrons. The lowest BCUT2D eigenvalue weighted by Gasteiger charge is -2.47. The summed E-state index contributed by atoms with van der Waals surface area (Å²) in [6.45, 7) is 1.40. The van der Waals surface area contributed by atoms with Crippen LogP contribution in [0.15, 0.2) is 18.2 Å². The number of piperidine rings is 1. The van der Waals surface area contributed by atoms with Crippen molar-refractivity contribution in [1.29, 1.82) is 5.26 Å². The van der Waals surface area contributed by atoms with Crippen LogP contribution in [0.4, 0.5) is 41.6 Å². The summed E-state index contributed by atoms with van der Waals surface area (Å²) in [6, 6.07) is 4.19. The minimum absolute atomic E-state index is 0.0214. The van der Waals surface area contributed by atoms with Crippen molar-refractivity contribution in [3.63, 3.8) is 0 Å². The van der Waals surface area contributed by atoms with Gasteiger partial charge in [-0.3, -0.25) is 4.90 Å². The molecule has 5 saturated heterocycles. The highest BCUT2D eigenvalue weighted by Gasteiger charge is 2.77. The number of halogens is 7. The van der Waals surface area contributed by atoms with E-state index in [9.17, 15) is 31.6 Å². The van der Waals surface area contributed by atoms with E-state index in [0.717, 1.165) is 31.0 Å². The summed E-state index contributed by atoms with van der Waals surface area (Å²) in [7, 11) is 0. The summed E-state index contributed by atoms with van der Waals surface area (Å²) in [5.74, 6) is -4.92. The van der Waals surface area contributed by atoms with E-state index in [-0.39, 0.29) is 81.6 Å². The second kappa shape index (κ2) is 10.1. The van der Waals surface area contributed by atoms with E-state index in [2.05, 4.69) is 9.97 Å². The molecule has 8 nitrogen and oxygen atoms in total. The van der Waals surface area contributed by atoms with Crippen LogP contribution in [-0.4, -0.2) is 71.3 Å². The molecule has 16 heteroatoms. The molecule has 7 heterocycles. The van der Waals surface area contributed by atoms with Crippen LogP contribution >= 0.6 is 11.3 Å². The van der Waals surface area contributed by atoms with Crippen molar-refractivity contribution in [2.45, 2.75) is 61.9 Å². The summed E-state index contributed by atoms with van der Waals surface area (Å²) >= 11 is 0.681. The van der Waals surface area contributed by atoms with Gasteiger partial charge < -0.3 is 20.1 Å². The Balaban J connectivity index is 1.22. The standard InChI is InChI=1S/C33H27F7N6O2S/c34-21-3-2-17(22-19(8-41)27(42)49-26(21)22)23-20(33(38,39)40)7-18-25(24(23)35)43-29(44-28(18)45-9-15-6-16(10-45)48-15)47-14-31-4-1-5-46(31)13-30(11-31)12-32(30,36)37/h2-3,7,15-16H,1,4-6,9-14,42H2. The van der Waals surface area contributed by atoms with Gasteiger partial charge in [0.05, 0.1) is 39.0 Å². The van der Waals surface area contributed by atoms with Crippen LogP contribution in [0.1, 0.15) is 43.2 Å². The molecule has 49 heavy (non-hydrogen) atoms. The van der Waals surface area contributed by atoms with Gasteiger partial charge in [0.15, 0.2) is 5.82 Å². The minimum Gasteiger partial charge on any atom is -0.461 e. The van der Waals surface area contributed by atoms with E-state index < -0.39 is 51.3 Å². The zero-order chi connectivity index (χ0) is 34.2. The van der Waals surface area contributed by atoms with E-state index in [4.69, 9.17) is 15.2 Å². The number of alkyl halides is 5. The number of hydrogen-bond donors (Lipinski definition) is 1. The molecule has 2 bridgehead atoms. The average molecular weight is 705 g/mol. The molecule has 0 amide bonds. The van der Waals surface area contributed by atoms with Crippen LogP contribution in [0.5, 0.6) is 6.01 Å². The Bertz CT molecular complexity index is 2120. The molecule has 2 aromatic carbocycles. The number of nitrogens with two attached hydrogens (primary N) is 1. The lowest BCUT2D eigenvalue weighted by Crippen LogP contribution is -2.57. The average Bonchev–Trinajstić information content (AvgIpc) is 3.37. The van der Waals surface area contributed by atoms with Crippen molar-refractivity contribution in [2.75, 3.05) is 43.4 Å². The first-order valence-corrected chi connectivity index (χ1v) is 16.7. The molecule has 6 fully saturated rings. The second-order valence-electron chi connectivity index (χ2n) is 14.0. The number of nitrogens with zero attached hydrogens (tertiary/aromatic N) is 5. The Morgan fingerprint density at radius 2 is 1.88 bits per heavy atom. The molecule has 1 aliphatic carbocycles. The summed E-state index contributed by atoms with van der Waals surface area (Å²) in [5.41, 5.74) is 0.741. The van der Waals surface area contributed by atoms with E-state index in [1.807, 2.05) is 11.0 Å². The van der Waals surface area contributed by atoms with Crippen LogP contribution in [-0.2, 0) is 10.9 Å². The van der Waals surface area contributed by atoms with Gasteiger partial charge in [-0.15, -0.1) is 11.3 Å². The van der Waals surface area contributed by atoms with Gasteiger partial charge in [-0.1, -0.05) is 6.07 Å². The molecule has 2 N–H and O–H groups in total. The van der Waals surface area contributed by atoms with Crippen molar-refractivity contribution in [3.8, 4) is 23.2 Å². The number of nitriles is 1. The molecule has 256 valence electrons. The molecule has 1 spiro atoms. The predicted octanol–water partition coefficient (Wildman–Crippen LogP) is 6.88. The first-order valence-electron chi connectivity index (χ1n) is 15.9. The van der Waals surface area contributed by atoms with E-state index in [1.54, 1.807) is 4.90 Å². The zero-order valence-electron chi connectivity index (χ0n) is 25.6. The number of morpholine rings is 1. The number of benzene rings is 2. The van der Waals surface area contributed by atoms with E-state index >= 15 is 4.39 Å². The molecule has 4 aromatic rings. The number of nitrogen functional groups attached to an aromatic ring is 1. The fraction of sp³-hybridized carbons (Fsp3) is 0.485. The van der Waals surface area contributed by atoms with Gasteiger partial charge in [-0.05, 0) is 43.5 Å². The summed E-state index contributed by atoms with van der Waals surface area (Å²) in [6.07, 6.45) is -3.26. The van der Waals surface area contributed by atoms with Crippen molar-refractivity contribution < 1.29 is 40.2 Å². The maximum Gasteiger partial charge on any atom is 0.417 e. The summed E-state index contributed by atoms with van der Waals surface area (Å²) in [4.78, 5) is 12.6. The fourth-order valence-corrected chi connectivity index (χ4v) is 9.62. The van der Waals surface area contributed by atoms with Gasteiger partial charge in [-0.2, -0.15) is 28.4 Å². The van der Waals surface area contributed by atoms with E-state index in [1.165, 1.54) is 0 Å². The highest BCUT2D eigenvalue weighted by Crippen LogP contribution is 2.69. The summed E-state index contributed by atoms with van der Waals surface area (Å²) in [5, 5.41) is 9.22. The van der Waals surface area contributed by atoms with Gasteiger partial charge in [-0.25, -0.2) is 17.6 Å². The van der Waals surface area contributed by atoms with Crippen molar-refractivity contribution >= 4 is 43.1 Å². The smallest absolute Gasteiger partial charge is 0.417 e. The lowest BCUT2D eigenvalue weighted by atomic mass is 9.89. The largest absolute Gasteiger partial charge is 0.461 e. The van der Waals surface area contributed by atoms with Gasteiger partial charge >= 0.3 is 12.2 Å². The third kappa shape index (κ3) is 4.47. The normalized spacial score (nSPS) is 28.7. The molecule has 1 saturated carbocycles. The Labute approximate surface area is 278 Å². The van der Waals surface area contributed by atoms with Gasteiger partial charge in [0, 0.05) is 48.8 Å². The monoisotopic (exact) mass is 704 g/mol. The Morgan fingerprint density at radius 3 is 2.55 bits per heavy atom. The van der Waals surface area contributed by atoms with Crippen LogP contribution in [0.25, 0.3) is 32.1 Å². The Hall–Kier alpha value is -3.94. The first-order chi connectivity index (χ1) is 23.2. The lowest BCUT2D eigenvalue weighted by molar-refractivity contribution is -0.137. The van der Waals surface area contributed by atoms with Gasteiger partial charge in [0.1, 0.15) is 34.8 Å². The van der Waals surface area contributed by atoms with Gasteiger partial charge in [0.25, 0.3) is 5.92 Å². The number of aromatic nitrogens is 2. The van der Waals surface area contributed by atoms with Crippen molar-refractivity contribution in [3.05, 3.63) is 41.0 Å². The molecule has 4 atom stereocenters. The quantitative estimate of drug-likeness (QED) is 0.225. The fourth-order valence-electron chi connectivity index (χ4n) is 8.67. The third-order valence-electron chi connectivity index (χ3n) is 11.0. The highest BCUT2D eigenvalue weighted by atomic mass is 32.1. The Kier molecular flexibility index (Phi) is 6.39. The molecule has 5 aliphatic heterocycles. The van der Waals surface area contributed by atoms with Crippen LogP contribution < -0.4 is 15.4 Å². The van der Waals surface area contributed by atoms with Gasteiger partial charge in [0.2, 0.25) is 0 Å². The number of hydrogen-bond acceptors (Lipinski definition) is 9. The first kappa shape index (κ1) is 31.1. The number of rotatable bonds is 5.